The van der Waals surface area contributed by atoms with E-state index in [1.807, 2.05) is 0 Å². The number of nitro groups is 1. The number of para-hydroxylation sites is 1. The maximum Gasteiger partial charge on any atom is 0.343 e. The third-order valence-electron chi connectivity index (χ3n) is 5.59. The summed E-state index contributed by atoms with van der Waals surface area (Å²) < 4.78 is 17.3. The van der Waals surface area contributed by atoms with Gasteiger partial charge in [-0.05, 0) is 42.5 Å². The molecule has 0 saturated heterocycles. The number of benzene rings is 3. The molecule has 0 aliphatic heterocycles. The Labute approximate surface area is 232 Å². The Bertz CT molecular complexity index is 1870. The highest BCUT2D eigenvalue weighted by Crippen LogP contribution is 2.34. The van der Waals surface area contributed by atoms with Crippen LogP contribution in [0.5, 0.6) is 5.75 Å². The van der Waals surface area contributed by atoms with Crippen LogP contribution in [0.15, 0.2) is 79.4 Å². The van der Waals surface area contributed by atoms with Crippen LogP contribution >= 0.6 is 27.5 Å². The van der Waals surface area contributed by atoms with E-state index in [1.165, 1.54) is 18.3 Å². The fourth-order valence-electron chi connectivity index (χ4n) is 3.81. The minimum Gasteiger partial charge on any atom is -0.474 e. The van der Waals surface area contributed by atoms with Crippen molar-refractivity contribution in [3.05, 3.63) is 96.2 Å². The number of carbonyl (C=O) groups is 1. The van der Waals surface area contributed by atoms with Crippen LogP contribution in [0.3, 0.4) is 0 Å². The lowest BCUT2D eigenvalue weighted by atomic mass is 10.2. The molecule has 39 heavy (non-hydrogen) atoms. The van der Waals surface area contributed by atoms with Gasteiger partial charge in [-0.15, -0.1) is 0 Å². The van der Waals surface area contributed by atoms with Crippen molar-refractivity contribution in [3.63, 3.8) is 0 Å². The number of fused-ring (bicyclic) bond motifs is 2. The number of rotatable bonds is 7. The highest BCUT2D eigenvalue weighted by Gasteiger charge is 2.22. The summed E-state index contributed by atoms with van der Waals surface area (Å²) in [7, 11) is 1.16. The van der Waals surface area contributed by atoms with Gasteiger partial charge in [-0.25, -0.2) is 9.78 Å². The normalized spacial score (nSPS) is 11.4. The standard InChI is InChI=1S/C26H16BrClN4O7/c1-37-23(33)13-38-24-15(8-16(27)11-20(24)32(35)36)12-29-31-25(30-19-5-3-2-4-18(19)26(31)34)22-10-14-9-17(28)6-7-21(14)39-22/h2-12H,13H2,1H3. The summed E-state index contributed by atoms with van der Waals surface area (Å²) in [5.41, 5.74) is 0.124. The number of ether oxygens (including phenoxy) is 2. The maximum absolute atomic E-state index is 13.5. The van der Waals surface area contributed by atoms with Crippen LogP contribution in [0.2, 0.25) is 5.02 Å². The fourth-order valence-corrected chi connectivity index (χ4v) is 4.46. The predicted octanol–water partition coefficient (Wildman–Crippen LogP) is 5.57. The Morgan fingerprint density at radius 1 is 1.23 bits per heavy atom. The van der Waals surface area contributed by atoms with E-state index in [4.69, 9.17) is 20.8 Å². The van der Waals surface area contributed by atoms with Crippen LogP contribution in [0.4, 0.5) is 5.69 Å². The van der Waals surface area contributed by atoms with Crippen molar-refractivity contribution in [2.75, 3.05) is 13.7 Å². The lowest BCUT2D eigenvalue weighted by Crippen LogP contribution is -2.20. The van der Waals surface area contributed by atoms with Gasteiger partial charge in [0.1, 0.15) is 5.58 Å². The number of hydrogen-bond acceptors (Lipinski definition) is 9. The van der Waals surface area contributed by atoms with E-state index < -0.39 is 28.7 Å². The molecule has 0 bridgehead atoms. The number of nitro benzene ring substituents is 1. The highest BCUT2D eigenvalue weighted by molar-refractivity contribution is 9.10. The molecule has 0 saturated carbocycles. The lowest BCUT2D eigenvalue weighted by molar-refractivity contribution is -0.385. The molecule has 2 aromatic heterocycles. The molecule has 196 valence electrons. The number of furan rings is 1. The SMILES string of the molecule is COC(=O)COc1c(C=Nn2c(-c3cc4cc(Cl)ccc4o3)nc3ccccc3c2=O)cc(Br)cc1[N+](=O)[O-]. The Balaban J connectivity index is 1.70. The number of hydrogen-bond donors (Lipinski definition) is 0. The largest absolute Gasteiger partial charge is 0.474 e. The van der Waals surface area contributed by atoms with E-state index in [0.717, 1.165) is 11.8 Å². The van der Waals surface area contributed by atoms with Gasteiger partial charge in [0.25, 0.3) is 5.56 Å². The second-order valence-corrected chi connectivity index (χ2v) is 9.42. The summed E-state index contributed by atoms with van der Waals surface area (Å²) in [5, 5.41) is 17.5. The van der Waals surface area contributed by atoms with Gasteiger partial charge >= 0.3 is 11.7 Å². The molecule has 0 unspecified atom stereocenters. The minimum absolute atomic E-state index is 0.0869. The van der Waals surface area contributed by atoms with Gasteiger partial charge in [-0.2, -0.15) is 9.78 Å². The number of aromatic nitrogens is 2. The van der Waals surface area contributed by atoms with E-state index in [1.54, 1.807) is 48.5 Å². The number of esters is 1. The first-order valence-corrected chi connectivity index (χ1v) is 12.4. The summed E-state index contributed by atoms with van der Waals surface area (Å²) in [4.78, 5) is 40.9. The van der Waals surface area contributed by atoms with Crippen molar-refractivity contribution in [3.8, 4) is 17.3 Å². The van der Waals surface area contributed by atoms with Crippen molar-refractivity contribution in [2.24, 2.45) is 5.10 Å². The Morgan fingerprint density at radius 3 is 2.79 bits per heavy atom. The number of nitrogens with zero attached hydrogens (tertiary/aromatic N) is 4. The minimum atomic E-state index is -0.739. The molecule has 0 amide bonds. The van der Waals surface area contributed by atoms with Gasteiger partial charge < -0.3 is 13.9 Å². The van der Waals surface area contributed by atoms with Crippen molar-refractivity contribution in [1.29, 1.82) is 0 Å². The second kappa shape index (κ2) is 10.7. The highest BCUT2D eigenvalue weighted by atomic mass is 79.9. The van der Waals surface area contributed by atoms with Crippen LogP contribution in [0, 0.1) is 10.1 Å². The smallest absolute Gasteiger partial charge is 0.343 e. The maximum atomic E-state index is 13.5. The van der Waals surface area contributed by atoms with Crippen molar-refractivity contribution in [2.45, 2.75) is 0 Å². The molecule has 5 rings (SSSR count). The van der Waals surface area contributed by atoms with Gasteiger partial charge in [0.2, 0.25) is 11.6 Å². The average molecular weight is 612 g/mol. The van der Waals surface area contributed by atoms with Crippen LogP contribution in [-0.2, 0) is 9.53 Å². The Morgan fingerprint density at radius 2 is 2.03 bits per heavy atom. The number of carbonyl (C=O) groups excluding carboxylic acids is 1. The second-order valence-electron chi connectivity index (χ2n) is 8.07. The zero-order valence-electron chi connectivity index (χ0n) is 20.0. The van der Waals surface area contributed by atoms with E-state index in [9.17, 15) is 19.7 Å². The zero-order chi connectivity index (χ0) is 27.7. The molecular formula is C26H16BrClN4O7. The molecule has 0 atom stereocenters. The van der Waals surface area contributed by atoms with Crippen molar-refractivity contribution >= 4 is 67.3 Å². The van der Waals surface area contributed by atoms with Crippen molar-refractivity contribution < 1.29 is 23.6 Å². The summed E-state index contributed by atoms with van der Waals surface area (Å²) >= 11 is 9.35. The topological polar surface area (TPSA) is 139 Å². The quantitative estimate of drug-likeness (QED) is 0.101. The van der Waals surface area contributed by atoms with Gasteiger partial charge in [-0.1, -0.05) is 39.7 Å². The van der Waals surface area contributed by atoms with E-state index in [-0.39, 0.29) is 22.9 Å². The van der Waals surface area contributed by atoms with Crippen LogP contribution < -0.4 is 10.3 Å². The first kappa shape index (κ1) is 26.1. The molecular weight excluding hydrogens is 596 g/mol. The van der Waals surface area contributed by atoms with E-state index in [2.05, 4.69) is 30.8 Å². The molecule has 0 aliphatic carbocycles. The molecule has 3 aromatic carbocycles. The first-order valence-electron chi connectivity index (χ1n) is 11.2. The lowest BCUT2D eigenvalue weighted by Gasteiger charge is -2.10. The average Bonchev–Trinajstić information content (AvgIpc) is 3.34. The summed E-state index contributed by atoms with van der Waals surface area (Å²) in [6, 6.07) is 16.2. The molecule has 0 fully saturated rings. The zero-order valence-corrected chi connectivity index (χ0v) is 22.3. The molecule has 0 radical (unpaired) electrons. The monoisotopic (exact) mass is 610 g/mol. The fraction of sp³-hybridized carbons (Fsp3) is 0.0769. The van der Waals surface area contributed by atoms with Gasteiger partial charge in [-0.3, -0.25) is 14.9 Å². The third-order valence-corrected chi connectivity index (χ3v) is 6.28. The Kier molecular flexibility index (Phi) is 7.13. The third kappa shape index (κ3) is 5.24. The van der Waals surface area contributed by atoms with Crippen molar-refractivity contribution in [1.82, 2.24) is 9.66 Å². The van der Waals surface area contributed by atoms with Crippen LogP contribution in [0.25, 0.3) is 33.5 Å². The van der Waals surface area contributed by atoms with Gasteiger partial charge in [0, 0.05) is 26.5 Å². The molecule has 13 heteroatoms. The number of halogens is 2. The van der Waals surface area contributed by atoms with E-state index >= 15 is 0 Å². The summed E-state index contributed by atoms with van der Waals surface area (Å²) in [6.45, 7) is -0.579. The van der Waals surface area contributed by atoms with E-state index in [0.29, 0.717) is 31.4 Å². The molecule has 0 aliphatic rings. The van der Waals surface area contributed by atoms with Gasteiger partial charge in [0.15, 0.2) is 12.4 Å². The Hall–Kier alpha value is -4.55. The predicted molar refractivity (Wildman–Crippen MR) is 148 cm³/mol. The molecule has 0 N–H and O–H groups in total. The molecule has 2 heterocycles. The van der Waals surface area contributed by atoms with Crippen LogP contribution in [0.1, 0.15) is 5.56 Å². The first-order chi connectivity index (χ1) is 18.7. The molecule has 11 nitrogen and oxygen atoms in total. The van der Waals surface area contributed by atoms with Gasteiger partial charge in [0.05, 0.1) is 29.2 Å². The van der Waals surface area contributed by atoms with Crippen LogP contribution in [-0.4, -0.2) is 40.5 Å². The molecule has 0 spiro atoms. The summed E-state index contributed by atoms with van der Waals surface area (Å²) in [6.07, 6.45) is 1.20. The summed E-state index contributed by atoms with van der Waals surface area (Å²) in [5.74, 6) is -0.644. The molecule has 5 aromatic rings. The number of methoxy groups -OCH3 is 1.